The van der Waals surface area contributed by atoms with Crippen molar-refractivity contribution in [3.05, 3.63) is 27.9 Å². The fourth-order valence-corrected chi connectivity index (χ4v) is 3.87. The predicted molar refractivity (Wildman–Crippen MR) is 92.0 cm³/mol. The van der Waals surface area contributed by atoms with Crippen LogP contribution in [0.15, 0.2) is 16.6 Å². The van der Waals surface area contributed by atoms with E-state index in [1.54, 1.807) is 7.11 Å². The molecule has 2 rings (SSSR count). The number of nitrogens with zero attached hydrogens (tertiary/aromatic N) is 2. The van der Waals surface area contributed by atoms with E-state index in [9.17, 15) is 0 Å². The summed E-state index contributed by atoms with van der Waals surface area (Å²) >= 11 is 5.87. The molecule has 0 spiro atoms. The number of ether oxygens (including phenoxy) is 1. The highest BCUT2D eigenvalue weighted by Crippen LogP contribution is 2.34. The van der Waals surface area contributed by atoms with Crippen molar-refractivity contribution in [2.45, 2.75) is 27.4 Å². The van der Waals surface area contributed by atoms with Gasteiger partial charge in [-0.25, -0.2) is 4.45 Å². The number of halogens is 2. The Balaban J connectivity index is 0.000000771. The number of aryl methyl sites for hydroxylation is 1. The molecule has 2 aromatic rings. The van der Waals surface area contributed by atoms with Gasteiger partial charge in [0.25, 0.3) is 0 Å². The largest absolute Gasteiger partial charge is 0.380 e. The first-order valence-corrected chi connectivity index (χ1v) is 10.6. The minimum Gasteiger partial charge on any atom is -0.380 e. The third-order valence-corrected chi connectivity index (χ3v) is 4.71. The number of hydrogen-bond donors (Lipinski definition) is 0. The first-order chi connectivity index (χ1) is 8.67. The molecular weight excluding hydrogens is 426 g/mol. The molecule has 0 N–H and O–H groups in total. The molecule has 3 nitrogen and oxygen atoms in total. The Morgan fingerprint density at radius 1 is 1.44 bits per heavy atom. The Bertz CT molecular complexity index is 530. The number of aromatic nitrogens is 2. The van der Waals surface area contributed by atoms with Crippen molar-refractivity contribution in [1.82, 2.24) is 9.55 Å². The van der Waals surface area contributed by atoms with Crippen molar-refractivity contribution >= 4 is 55.2 Å². The van der Waals surface area contributed by atoms with E-state index in [1.165, 1.54) is 16.5 Å². The van der Waals surface area contributed by atoms with Gasteiger partial charge in [0.1, 0.15) is 0 Å². The third kappa shape index (κ3) is 3.44. The lowest BCUT2D eigenvalue weighted by molar-refractivity contribution is 0.186. The number of rotatable bonds is 3. The average Bonchev–Trinajstić information content (AvgIpc) is 2.69. The Morgan fingerprint density at radius 3 is 2.67 bits per heavy atom. The van der Waals surface area contributed by atoms with E-state index >= 15 is 0 Å². The molecule has 18 heavy (non-hydrogen) atoms. The van der Waals surface area contributed by atoms with Gasteiger partial charge in [-0.2, -0.15) is 5.10 Å². The van der Waals surface area contributed by atoms with Gasteiger partial charge in [-0.3, -0.25) is 0 Å². The summed E-state index contributed by atoms with van der Waals surface area (Å²) in [5.41, 5.74) is 3.43. The molecule has 1 heterocycles. The van der Waals surface area contributed by atoms with E-state index in [4.69, 9.17) is 4.74 Å². The summed E-state index contributed by atoms with van der Waals surface area (Å²) in [6, 6.07) is 4.21. The molecule has 0 aliphatic rings. The highest BCUT2D eigenvalue weighted by atomic mass is 127. The molecule has 0 fully saturated rings. The van der Waals surface area contributed by atoms with Crippen molar-refractivity contribution in [2.24, 2.45) is 0 Å². The maximum atomic E-state index is 5.23. The van der Waals surface area contributed by atoms with E-state index in [-0.39, 0.29) is 0 Å². The Labute approximate surface area is 131 Å². The van der Waals surface area contributed by atoms with Crippen molar-refractivity contribution < 1.29 is 4.74 Å². The van der Waals surface area contributed by atoms with Crippen LogP contribution >= 0.6 is 44.3 Å². The lowest BCUT2D eigenvalue weighted by Gasteiger charge is -2.04. The quantitative estimate of drug-likeness (QED) is 0.490. The normalized spacial score (nSPS) is 11.0. The topological polar surface area (TPSA) is 27.1 Å². The molecule has 0 saturated carbocycles. The van der Waals surface area contributed by atoms with Crippen molar-refractivity contribution in [1.29, 1.82) is 0 Å². The molecule has 1 aromatic carbocycles. The van der Waals surface area contributed by atoms with Gasteiger partial charge in [-0.15, -0.1) is 0 Å². The van der Waals surface area contributed by atoms with E-state index in [0.717, 1.165) is 10.2 Å². The van der Waals surface area contributed by atoms with Crippen molar-refractivity contribution in [3.63, 3.8) is 0 Å². The molecule has 1 unspecified atom stereocenters. The zero-order valence-electron chi connectivity index (χ0n) is 10.9. The molecule has 0 aliphatic carbocycles. The van der Waals surface area contributed by atoms with Crippen LogP contribution in [0, 0.1) is 6.92 Å². The Hall–Kier alpha value is 0.290. The van der Waals surface area contributed by atoms with Gasteiger partial charge in [-0.1, -0.05) is 29.8 Å². The van der Waals surface area contributed by atoms with Gasteiger partial charge in [0.2, 0.25) is 0 Å². The van der Waals surface area contributed by atoms with Gasteiger partial charge in [0.15, 0.2) is 0 Å². The van der Waals surface area contributed by atoms with Crippen LogP contribution in [0.1, 0.15) is 25.1 Å². The molecule has 0 bridgehead atoms. The highest BCUT2D eigenvalue weighted by Gasteiger charge is 2.12. The van der Waals surface area contributed by atoms with Gasteiger partial charge in [0, 0.05) is 17.0 Å². The monoisotopic (exact) mass is 442 g/mol. The Kier molecular flexibility index (Phi) is 7.06. The van der Waals surface area contributed by atoms with Crippen molar-refractivity contribution in [3.8, 4) is 0 Å². The molecular formula is C12H17BrIN2OP. The van der Waals surface area contributed by atoms with Crippen LogP contribution in [0.2, 0.25) is 0 Å². The fourth-order valence-electron chi connectivity index (χ4n) is 1.82. The molecule has 0 radical (unpaired) electrons. The second kappa shape index (κ2) is 7.78. The number of methoxy groups -OCH3 is 1. The minimum absolute atomic E-state index is 0.613. The van der Waals surface area contributed by atoms with Gasteiger partial charge < -0.3 is 4.74 Å². The number of benzene rings is 1. The zero-order valence-corrected chi connectivity index (χ0v) is 15.7. The van der Waals surface area contributed by atoms with Gasteiger partial charge in [0.05, 0.1) is 24.2 Å². The van der Waals surface area contributed by atoms with E-state index < -0.39 is 0 Å². The second-order valence-electron chi connectivity index (χ2n) is 3.47. The SMILES string of the molecule is CC.COCc1cc(Br)cc2c1c(C)nn2PI. The maximum Gasteiger partial charge on any atom is 0.0747 e. The van der Waals surface area contributed by atoms with Crippen LogP contribution < -0.4 is 0 Å². The van der Waals surface area contributed by atoms with Crippen LogP contribution in [0.3, 0.4) is 0 Å². The van der Waals surface area contributed by atoms with Crippen LogP contribution in [-0.2, 0) is 11.3 Å². The van der Waals surface area contributed by atoms with Crippen LogP contribution in [-0.4, -0.2) is 16.7 Å². The van der Waals surface area contributed by atoms with Crippen LogP contribution in [0.25, 0.3) is 10.9 Å². The summed E-state index contributed by atoms with van der Waals surface area (Å²) in [7, 11) is 1.71. The summed E-state index contributed by atoms with van der Waals surface area (Å²) in [5, 5.41) is 5.75. The molecule has 100 valence electrons. The summed E-state index contributed by atoms with van der Waals surface area (Å²) in [4.78, 5) is 0. The van der Waals surface area contributed by atoms with Gasteiger partial charge >= 0.3 is 0 Å². The minimum atomic E-state index is 0.613. The highest BCUT2D eigenvalue weighted by molar-refractivity contribution is 14.2. The standard InChI is InChI=1S/C10H11BrIN2OP.C2H6/c1-6-10-7(5-15-2)3-8(11)4-9(10)14(13-6)16-12;1-2/h3-4,16H,5H2,1-2H3;1-2H3. The van der Waals surface area contributed by atoms with Crippen LogP contribution in [0.4, 0.5) is 0 Å². The first kappa shape index (κ1) is 16.3. The molecule has 0 saturated heterocycles. The third-order valence-electron chi connectivity index (χ3n) is 2.38. The van der Waals surface area contributed by atoms with Crippen molar-refractivity contribution in [2.75, 3.05) is 7.11 Å². The summed E-state index contributed by atoms with van der Waals surface area (Å²) < 4.78 is 8.34. The first-order valence-electron chi connectivity index (χ1n) is 5.70. The van der Waals surface area contributed by atoms with E-state index in [1.807, 2.05) is 25.2 Å². The molecule has 1 aromatic heterocycles. The number of hydrogen-bond acceptors (Lipinski definition) is 2. The summed E-state index contributed by atoms with van der Waals surface area (Å²) in [5.74, 6) is 0. The molecule has 0 amide bonds. The second-order valence-corrected chi connectivity index (χ2v) is 6.43. The van der Waals surface area contributed by atoms with E-state index in [2.05, 4.69) is 55.2 Å². The zero-order chi connectivity index (χ0) is 13.7. The smallest absolute Gasteiger partial charge is 0.0747 e. The summed E-state index contributed by atoms with van der Waals surface area (Å²) in [6.45, 7) is 6.66. The summed E-state index contributed by atoms with van der Waals surface area (Å²) in [6.07, 6.45) is 0.613. The molecule has 0 aliphatic heterocycles. The average molecular weight is 443 g/mol. The van der Waals surface area contributed by atoms with Gasteiger partial charge in [-0.05, 0) is 46.7 Å². The lowest BCUT2D eigenvalue weighted by Crippen LogP contribution is -1.90. The predicted octanol–water partition coefficient (Wildman–Crippen LogP) is 5.07. The fraction of sp³-hybridized carbons (Fsp3) is 0.417. The lowest BCUT2D eigenvalue weighted by atomic mass is 10.1. The maximum absolute atomic E-state index is 5.23. The molecule has 6 heteroatoms. The Morgan fingerprint density at radius 2 is 2.11 bits per heavy atom. The van der Waals surface area contributed by atoms with E-state index in [0.29, 0.717) is 13.0 Å². The number of fused-ring (bicyclic) bond motifs is 1. The molecule has 1 atom stereocenters. The van der Waals surface area contributed by atoms with Crippen LogP contribution in [0.5, 0.6) is 0 Å².